The highest BCUT2D eigenvalue weighted by Gasteiger charge is 2.33. The number of halogens is 1. The lowest BCUT2D eigenvalue weighted by atomic mass is 9.89. The van der Waals surface area contributed by atoms with E-state index in [-0.39, 0.29) is 36.2 Å². The highest BCUT2D eigenvalue weighted by molar-refractivity contribution is 7.98. The zero-order chi connectivity index (χ0) is 21.4. The van der Waals surface area contributed by atoms with E-state index >= 15 is 0 Å². The molecule has 0 bridgehead atoms. The number of allylic oxidation sites excluding steroid dienone is 2. The van der Waals surface area contributed by atoms with Crippen LogP contribution < -0.4 is 5.48 Å². The summed E-state index contributed by atoms with van der Waals surface area (Å²) in [7, 11) is 0. The van der Waals surface area contributed by atoms with Crippen LogP contribution in [0.25, 0.3) is 0 Å². The highest BCUT2D eigenvalue weighted by atomic mass is 32.2. The molecule has 1 aromatic carbocycles. The zero-order valence-corrected chi connectivity index (χ0v) is 17.2. The van der Waals surface area contributed by atoms with Crippen LogP contribution in [0.5, 0.6) is 0 Å². The standard InChI is InChI=1S/C20H25FN4O3S/c1-3-12-8-13(11-22)18(23)19(15(9-12)20(27)25-28-7-6-26)24-17-5-4-14(29-2)10-16(17)21/h4-5,8,10-12,15,22-23,26H,3,6-7,9H2,1-2H3,(H,25,27). The van der Waals surface area contributed by atoms with Gasteiger partial charge in [-0.3, -0.25) is 15.0 Å². The SMILES string of the molecule is CCC1C=C(C=N)C(=N)C(=Nc2ccc(SC)cc2F)C(C(=O)NOCCO)C1. The first-order valence-corrected chi connectivity index (χ1v) is 10.4. The second-order valence-electron chi connectivity index (χ2n) is 6.45. The Labute approximate surface area is 173 Å². The summed E-state index contributed by atoms with van der Waals surface area (Å²) >= 11 is 1.39. The van der Waals surface area contributed by atoms with Gasteiger partial charge in [0, 0.05) is 16.7 Å². The van der Waals surface area contributed by atoms with Gasteiger partial charge in [-0.25, -0.2) is 14.9 Å². The van der Waals surface area contributed by atoms with E-state index in [1.165, 1.54) is 23.9 Å². The molecular formula is C20H25FN4O3S. The maximum atomic E-state index is 14.5. The number of hydroxylamine groups is 1. The highest BCUT2D eigenvalue weighted by Crippen LogP contribution is 2.29. The van der Waals surface area contributed by atoms with Crippen LogP contribution in [0.4, 0.5) is 10.1 Å². The third-order valence-electron chi connectivity index (χ3n) is 4.59. The minimum absolute atomic E-state index is 0.0240. The Bertz CT molecular complexity index is 841. The van der Waals surface area contributed by atoms with Gasteiger partial charge in [0.2, 0.25) is 0 Å². The number of hydrogen-bond acceptors (Lipinski definition) is 7. The summed E-state index contributed by atoms with van der Waals surface area (Å²) < 4.78 is 14.5. The number of hydrogen-bond donors (Lipinski definition) is 4. The molecule has 2 rings (SSSR count). The molecule has 0 saturated heterocycles. The van der Waals surface area contributed by atoms with Crippen LogP contribution in [0.15, 0.2) is 39.7 Å². The number of amides is 1. The van der Waals surface area contributed by atoms with E-state index < -0.39 is 17.6 Å². The average Bonchev–Trinajstić information content (AvgIpc) is 2.86. The molecule has 0 spiro atoms. The molecule has 1 aromatic rings. The van der Waals surface area contributed by atoms with Gasteiger partial charge in [0.1, 0.15) is 5.82 Å². The Morgan fingerprint density at radius 3 is 2.86 bits per heavy atom. The number of benzene rings is 1. The summed E-state index contributed by atoms with van der Waals surface area (Å²) in [4.78, 5) is 22.7. The molecule has 7 nitrogen and oxygen atoms in total. The van der Waals surface area contributed by atoms with Crippen LogP contribution in [-0.4, -0.2) is 48.1 Å². The molecule has 4 N–H and O–H groups in total. The van der Waals surface area contributed by atoms with Crippen molar-refractivity contribution in [3.05, 3.63) is 35.7 Å². The molecule has 0 aliphatic heterocycles. The molecular weight excluding hydrogens is 395 g/mol. The number of nitrogens with one attached hydrogen (secondary N) is 3. The number of carbonyl (C=O) groups is 1. The first-order chi connectivity index (χ1) is 13.9. The zero-order valence-electron chi connectivity index (χ0n) is 16.4. The molecule has 0 aromatic heterocycles. The predicted molar refractivity (Wildman–Crippen MR) is 113 cm³/mol. The number of aliphatic imine (C=N–C) groups is 1. The fourth-order valence-corrected chi connectivity index (χ4v) is 3.41. The molecule has 0 radical (unpaired) electrons. The number of aliphatic hydroxyl groups excluding tert-OH is 1. The molecule has 29 heavy (non-hydrogen) atoms. The molecule has 0 heterocycles. The van der Waals surface area contributed by atoms with Gasteiger partial charge in [-0.05, 0) is 43.2 Å². The van der Waals surface area contributed by atoms with Crippen LogP contribution in [0.3, 0.4) is 0 Å². The summed E-state index contributed by atoms with van der Waals surface area (Å²) in [6.07, 6.45) is 5.71. The van der Waals surface area contributed by atoms with Crippen LogP contribution in [0.1, 0.15) is 19.8 Å². The van der Waals surface area contributed by atoms with Crippen molar-refractivity contribution in [3.8, 4) is 0 Å². The van der Waals surface area contributed by atoms with Crippen molar-refractivity contribution in [2.24, 2.45) is 16.8 Å². The van der Waals surface area contributed by atoms with E-state index in [0.717, 1.165) is 11.1 Å². The number of carbonyl (C=O) groups excluding carboxylic acids is 1. The second-order valence-corrected chi connectivity index (χ2v) is 7.33. The second kappa shape index (κ2) is 11.0. The van der Waals surface area contributed by atoms with E-state index in [1.807, 2.05) is 13.2 Å². The van der Waals surface area contributed by atoms with Crippen LogP contribution in [0, 0.1) is 28.5 Å². The molecule has 156 valence electrons. The van der Waals surface area contributed by atoms with Crippen molar-refractivity contribution >= 4 is 41.0 Å². The van der Waals surface area contributed by atoms with Crippen molar-refractivity contribution in [1.82, 2.24) is 5.48 Å². The van der Waals surface area contributed by atoms with Gasteiger partial charge in [-0.15, -0.1) is 11.8 Å². The Morgan fingerprint density at radius 1 is 1.52 bits per heavy atom. The fourth-order valence-electron chi connectivity index (χ4n) is 2.99. The van der Waals surface area contributed by atoms with E-state index in [9.17, 15) is 9.18 Å². The monoisotopic (exact) mass is 420 g/mol. The molecule has 2 unspecified atom stereocenters. The van der Waals surface area contributed by atoms with E-state index in [2.05, 4.69) is 10.5 Å². The quantitative estimate of drug-likeness (QED) is 0.223. The topological polar surface area (TPSA) is 119 Å². The number of rotatable bonds is 8. The van der Waals surface area contributed by atoms with Gasteiger partial charge in [-0.1, -0.05) is 13.0 Å². The Kier molecular flexibility index (Phi) is 8.69. The molecule has 1 aliphatic rings. The van der Waals surface area contributed by atoms with Crippen LogP contribution in [-0.2, 0) is 9.63 Å². The van der Waals surface area contributed by atoms with Gasteiger partial charge >= 0.3 is 0 Å². The average molecular weight is 421 g/mol. The fraction of sp³-hybridized carbons (Fsp3) is 0.400. The molecule has 0 fully saturated rings. The van der Waals surface area contributed by atoms with Crippen molar-refractivity contribution in [3.63, 3.8) is 0 Å². The van der Waals surface area contributed by atoms with E-state index in [0.29, 0.717) is 18.4 Å². The maximum absolute atomic E-state index is 14.5. The molecule has 9 heteroatoms. The normalized spacial score (nSPS) is 20.9. The lowest BCUT2D eigenvalue weighted by Crippen LogP contribution is -2.39. The Balaban J connectivity index is 2.50. The van der Waals surface area contributed by atoms with Gasteiger partial charge in [-0.2, -0.15) is 0 Å². The Hall–Kier alpha value is -2.36. The molecule has 2 atom stereocenters. The van der Waals surface area contributed by atoms with Gasteiger partial charge in [0.15, 0.2) is 0 Å². The van der Waals surface area contributed by atoms with E-state index in [1.54, 1.807) is 12.1 Å². The van der Waals surface area contributed by atoms with Crippen molar-refractivity contribution in [2.45, 2.75) is 24.7 Å². The Morgan fingerprint density at radius 2 is 2.28 bits per heavy atom. The van der Waals surface area contributed by atoms with Crippen molar-refractivity contribution < 1.29 is 19.1 Å². The summed E-state index contributed by atoms with van der Waals surface area (Å²) in [5.41, 5.74) is 2.62. The predicted octanol–water partition coefficient (Wildman–Crippen LogP) is 3.30. The van der Waals surface area contributed by atoms with Crippen LogP contribution >= 0.6 is 11.8 Å². The lowest BCUT2D eigenvalue weighted by molar-refractivity contribution is -0.136. The number of aliphatic hydroxyl groups is 1. The number of nitrogens with zero attached hydrogens (tertiary/aromatic N) is 1. The molecule has 1 amide bonds. The summed E-state index contributed by atoms with van der Waals surface area (Å²) in [6, 6.07) is 4.58. The third-order valence-corrected chi connectivity index (χ3v) is 5.31. The number of thioether (sulfide) groups is 1. The maximum Gasteiger partial charge on any atom is 0.252 e. The molecule has 0 saturated carbocycles. The summed E-state index contributed by atoms with van der Waals surface area (Å²) in [5.74, 6) is -2.00. The first kappa shape index (κ1) is 22.9. The minimum Gasteiger partial charge on any atom is -0.394 e. The minimum atomic E-state index is -0.862. The molecule has 1 aliphatic carbocycles. The van der Waals surface area contributed by atoms with Gasteiger partial charge in [0.25, 0.3) is 5.91 Å². The van der Waals surface area contributed by atoms with Crippen LogP contribution in [0.2, 0.25) is 0 Å². The van der Waals surface area contributed by atoms with Gasteiger partial charge < -0.3 is 10.5 Å². The van der Waals surface area contributed by atoms with Gasteiger partial charge in [0.05, 0.1) is 36.2 Å². The van der Waals surface area contributed by atoms with E-state index in [4.69, 9.17) is 20.8 Å². The smallest absolute Gasteiger partial charge is 0.252 e. The summed E-state index contributed by atoms with van der Waals surface area (Å²) in [6.45, 7) is 1.62. The largest absolute Gasteiger partial charge is 0.394 e. The third kappa shape index (κ3) is 5.81. The first-order valence-electron chi connectivity index (χ1n) is 9.21. The lowest BCUT2D eigenvalue weighted by Gasteiger charge is -2.19. The van der Waals surface area contributed by atoms with Crippen molar-refractivity contribution in [1.29, 1.82) is 10.8 Å². The van der Waals surface area contributed by atoms with Crippen molar-refractivity contribution in [2.75, 3.05) is 19.5 Å². The summed E-state index contributed by atoms with van der Waals surface area (Å²) in [5, 5.41) is 25.0.